The molecule has 0 amide bonds. The summed E-state index contributed by atoms with van der Waals surface area (Å²) in [5, 5.41) is 0. The van der Waals surface area contributed by atoms with Crippen molar-refractivity contribution >= 4 is 23.9 Å². The molecule has 0 aliphatic carbocycles. The molecule has 0 aliphatic heterocycles. The highest BCUT2D eigenvalue weighted by Gasteiger charge is 2.03. The van der Waals surface area contributed by atoms with Gasteiger partial charge in [0.05, 0.1) is 26.4 Å². The third-order valence-electron chi connectivity index (χ3n) is 2.72. The first kappa shape index (κ1) is 26.2. The van der Waals surface area contributed by atoms with Crippen LogP contribution in [0.2, 0.25) is 0 Å². The van der Waals surface area contributed by atoms with Crippen LogP contribution in [-0.4, -0.2) is 91.0 Å². The summed E-state index contributed by atoms with van der Waals surface area (Å²) in [6.45, 7) is 0.714. The van der Waals surface area contributed by atoms with Crippen LogP contribution in [-0.2, 0) is 52.3 Å². The van der Waals surface area contributed by atoms with Crippen molar-refractivity contribution in [2.75, 3.05) is 67.1 Å². The number of hydrogen-bond acceptors (Lipinski definition) is 11. The summed E-state index contributed by atoms with van der Waals surface area (Å²) >= 11 is 0. The lowest BCUT2D eigenvalue weighted by molar-refractivity contribution is -0.143. The number of carbonyl (C=O) groups is 4. The number of carbonyl (C=O) groups excluding carboxylic acids is 4. The van der Waals surface area contributed by atoms with Crippen LogP contribution in [0.5, 0.6) is 0 Å². The lowest BCUT2D eigenvalue weighted by Crippen LogP contribution is -2.14. The summed E-state index contributed by atoms with van der Waals surface area (Å²) in [7, 11) is 2.93. The Morgan fingerprint density at radius 2 is 0.759 bits per heavy atom. The Morgan fingerprint density at radius 3 is 1.03 bits per heavy atom. The molecule has 0 saturated carbocycles. The van der Waals surface area contributed by atoms with E-state index in [9.17, 15) is 19.2 Å². The number of hydrogen-bond donors (Lipinski definition) is 0. The van der Waals surface area contributed by atoms with Gasteiger partial charge < -0.3 is 33.2 Å². The third kappa shape index (κ3) is 18.4. The maximum atomic E-state index is 11.3. The van der Waals surface area contributed by atoms with Gasteiger partial charge in [0.25, 0.3) is 0 Å². The van der Waals surface area contributed by atoms with E-state index in [2.05, 4.69) is 0 Å². The van der Waals surface area contributed by atoms with Crippen molar-refractivity contribution in [1.29, 1.82) is 0 Å². The molecule has 0 spiro atoms. The molecule has 11 heteroatoms. The van der Waals surface area contributed by atoms with Crippen molar-refractivity contribution in [1.82, 2.24) is 0 Å². The summed E-state index contributed by atoms with van der Waals surface area (Å²) in [5.74, 6) is -2.83. The average Bonchev–Trinajstić information content (AvgIpc) is 2.70. The highest BCUT2D eigenvalue weighted by molar-refractivity contribution is 5.92. The second-order valence-corrected chi connectivity index (χ2v) is 4.93. The van der Waals surface area contributed by atoms with Gasteiger partial charge in [0.2, 0.25) is 0 Å². The third-order valence-corrected chi connectivity index (χ3v) is 2.72. The number of esters is 4. The van der Waals surface area contributed by atoms with Crippen LogP contribution in [0, 0.1) is 0 Å². The monoisotopic (exact) mass is 418 g/mol. The van der Waals surface area contributed by atoms with Crippen molar-refractivity contribution in [3.05, 3.63) is 24.3 Å². The fourth-order valence-electron chi connectivity index (χ4n) is 1.42. The predicted molar refractivity (Wildman–Crippen MR) is 96.7 cm³/mol. The molecular formula is C18H26O11. The van der Waals surface area contributed by atoms with Gasteiger partial charge in [0.15, 0.2) is 0 Å². The van der Waals surface area contributed by atoms with Crippen LogP contribution >= 0.6 is 0 Å². The zero-order valence-electron chi connectivity index (χ0n) is 16.5. The topological polar surface area (TPSA) is 133 Å². The fraction of sp³-hybridized carbons (Fsp3) is 0.556. The van der Waals surface area contributed by atoms with Gasteiger partial charge in [0.1, 0.15) is 26.4 Å². The maximum Gasteiger partial charge on any atom is 0.331 e. The summed E-state index contributed by atoms with van der Waals surface area (Å²) in [6, 6.07) is 0. The Hall–Kier alpha value is -2.76. The average molecular weight is 418 g/mol. The SMILES string of the molecule is COCCOC(=O)/C=C\C(=O)OCCOCCOC(=O)/C=C\C(=O)OCCOC. The van der Waals surface area contributed by atoms with Gasteiger partial charge in [-0.2, -0.15) is 0 Å². The molecule has 0 heterocycles. The first-order valence-corrected chi connectivity index (χ1v) is 8.58. The van der Waals surface area contributed by atoms with Gasteiger partial charge in [-0.15, -0.1) is 0 Å². The van der Waals surface area contributed by atoms with Crippen molar-refractivity contribution < 1.29 is 52.3 Å². The van der Waals surface area contributed by atoms with Gasteiger partial charge in [-0.25, -0.2) is 19.2 Å². The molecule has 11 nitrogen and oxygen atoms in total. The summed E-state index contributed by atoms with van der Waals surface area (Å²) in [5.41, 5.74) is 0. The highest BCUT2D eigenvalue weighted by Crippen LogP contribution is 1.89. The fourth-order valence-corrected chi connectivity index (χ4v) is 1.42. The van der Waals surface area contributed by atoms with E-state index in [-0.39, 0.29) is 52.9 Å². The van der Waals surface area contributed by atoms with E-state index in [4.69, 9.17) is 33.2 Å². The minimum Gasteiger partial charge on any atom is -0.460 e. The normalized spacial score (nSPS) is 10.8. The summed E-state index contributed by atoms with van der Waals surface area (Å²) in [4.78, 5) is 45.1. The Labute approximate surface area is 168 Å². The predicted octanol–water partition coefficient (Wildman–Crippen LogP) is -0.419. The molecular weight excluding hydrogens is 392 g/mol. The molecule has 0 fully saturated rings. The van der Waals surface area contributed by atoms with E-state index in [1.807, 2.05) is 0 Å². The largest absolute Gasteiger partial charge is 0.460 e. The molecule has 29 heavy (non-hydrogen) atoms. The molecule has 0 bridgehead atoms. The molecule has 0 aliphatic rings. The van der Waals surface area contributed by atoms with Crippen LogP contribution < -0.4 is 0 Å². The Morgan fingerprint density at radius 1 is 0.483 bits per heavy atom. The first-order valence-electron chi connectivity index (χ1n) is 8.58. The molecule has 0 aromatic rings. The molecule has 164 valence electrons. The summed E-state index contributed by atoms with van der Waals surface area (Å²) < 4.78 is 33.5. The molecule has 0 atom stereocenters. The van der Waals surface area contributed by atoms with Gasteiger partial charge in [-0.1, -0.05) is 0 Å². The molecule has 0 aromatic carbocycles. The van der Waals surface area contributed by atoms with E-state index >= 15 is 0 Å². The van der Waals surface area contributed by atoms with E-state index in [0.29, 0.717) is 0 Å². The van der Waals surface area contributed by atoms with E-state index in [0.717, 1.165) is 24.3 Å². The van der Waals surface area contributed by atoms with Crippen LogP contribution in [0.15, 0.2) is 24.3 Å². The van der Waals surface area contributed by atoms with E-state index in [1.165, 1.54) is 14.2 Å². The smallest absolute Gasteiger partial charge is 0.331 e. The standard InChI is InChI=1S/C18H26O11/c1-23-7-11-26-15(19)3-5-17(21)28-13-9-25-10-14-29-18(22)6-4-16(20)27-12-8-24-2/h3-6H,7-14H2,1-2H3/b5-3-,6-4-. The van der Waals surface area contributed by atoms with E-state index in [1.54, 1.807) is 0 Å². The van der Waals surface area contributed by atoms with Crippen molar-refractivity contribution in [2.24, 2.45) is 0 Å². The minimum absolute atomic E-state index is 0.0525. The molecule has 0 aromatic heterocycles. The van der Waals surface area contributed by atoms with Crippen molar-refractivity contribution in [2.45, 2.75) is 0 Å². The molecule has 0 unspecified atom stereocenters. The number of ether oxygens (including phenoxy) is 7. The first-order chi connectivity index (χ1) is 14.0. The highest BCUT2D eigenvalue weighted by atomic mass is 16.6. The lowest BCUT2D eigenvalue weighted by atomic mass is 10.5. The van der Waals surface area contributed by atoms with E-state index < -0.39 is 23.9 Å². The second kappa shape index (κ2) is 18.6. The Balaban J connectivity index is 3.66. The minimum atomic E-state index is -0.730. The van der Waals surface area contributed by atoms with Gasteiger partial charge in [-0.3, -0.25) is 0 Å². The summed E-state index contributed by atoms with van der Waals surface area (Å²) in [6.07, 6.45) is 3.76. The van der Waals surface area contributed by atoms with Gasteiger partial charge >= 0.3 is 23.9 Å². The van der Waals surface area contributed by atoms with Crippen LogP contribution in [0.4, 0.5) is 0 Å². The van der Waals surface area contributed by atoms with Crippen molar-refractivity contribution in [3.63, 3.8) is 0 Å². The Bertz CT molecular complexity index is 506. The number of methoxy groups -OCH3 is 2. The molecule has 0 rings (SSSR count). The zero-order valence-corrected chi connectivity index (χ0v) is 16.5. The van der Waals surface area contributed by atoms with Crippen LogP contribution in [0.3, 0.4) is 0 Å². The van der Waals surface area contributed by atoms with Gasteiger partial charge in [-0.05, 0) is 0 Å². The number of rotatable bonds is 16. The van der Waals surface area contributed by atoms with Crippen molar-refractivity contribution in [3.8, 4) is 0 Å². The van der Waals surface area contributed by atoms with Crippen LogP contribution in [0.1, 0.15) is 0 Å². The zero-order chi connectivity index (χ0) is 21.7. The molecule has 0 saturated heterocycles. The van der Waals surface area contributed by atoms with Crippen LogP contribution in [0.25, 0.3) is 0 Å². The Kier molecular flexibility index (Phi) is 16.8. The lowest BCUT2D eigenvalue weighted by Gasteiger charge is -2.05. The molecule has 0 radical (unpaired) electrons. The molecule has 0 N–H and O–H groups in total. The quantitative estimate of drug-likeness (QED) is 0.140. The maximum absolute atomic E-state index is 11.3. The van der Waals surface area contributed by atoms with Gasteiger partial charge in [0, 0.05) is 38.5 Å². The second-order valence-electron chi connectivity index (χ2n) is 4.93.